The molecule has 1 aliphatic carbocycles. The van der Waals surface area contributed by atoms with Crippen molar-refractivity contribution in [3.8, 4) is 0 Å². The van der Waals surface area contributed by atoms with Crippen LogP contribution in [0.4, 0.5) is 0 Å². The van der Waals surface area contributed by atoms with Crippen molar-refractivity contribution in [3.05, 3.63) is 35.4 Å². The molecule has 1 atom stereocenters. The zero-order valence-corrected chi connectivity index (χ0v) is 14.1. The highest BCUT2D eigenvalue weighted by molar-refractivity contribution is 5.77. The molecule has 0 saturated carbocycles. The minimum Gasteiger partial charge on any atom is -0.481 e. The lowest BCUT2D eigenvalue weighted by molar-refractivity contribution is -0.139. The Morgan fingerprint density at radius 1 is 1.26 bits per heavy atom. The normalized spacial score (nSPS) is 16.9. The van der Waals surface area contributed by atoms with Gasteiger partial charge in [0.1, 0.15) is 0 Å². The minimum absolute atomic E-state index is 0.0198. The van der Waals surface area contributed by atoms with E-state index in [2.05, 4.69) is 38.1 Å². The van der Waals surface area contributed by atoms with Gasteiger partial charge in [-0.15, -0.1) is 0 Å². The highest BCUT2D eigenvalue weighted by Gasteiger charge is 2.24. The zero-order chi connectivity index (χ0) is 16.8. The van der Waals surface area contributed by atoms with Crippen LogP contribution in [-0.2, 0) is 22.4 Å². The molecular weight excluding hydrogens is 290 g/mol. The van der Waals surface area contributed by atoms with E-state index in [9.17, 15) is 9.59 Å². The quantitative estimate of drug-likeness (QED) is 0.840. The Kier molecular flexibility index (Phi) is 6.20. The average molecular weight is 317 g/mol. The summed E-state index contributed by atoms with van der Waals surface area (Å²) in [6.45, 7) is 5.06. The lowest BCUT2D eigenvalue weighted by Crippen LogP contribution is -2.37. The molecule has 1 aromatic rings. The number of nitrogens with zero attached hydrogens (tertiary/aromatic N) is 1. The van der Waals surface area contributed by atoms with E-state index >= 15 is 0 Å². The largest absolute Gasteiger partial charge is 0.481 e. The van der Waals surface area contributed by atoms with Gasteiger partial charge in [-0.3, -0.25) is 9.59 Å². The number of aliphatic carboxylic acids is 1. The van der Waals surface area contributed by atoms with E-state index < -0.39 is 5.97 Å². The second-order valence-electron chi connectivity index (χ2n) is 6.96. The predicted octanol–water partition coefficient (Wildman–Crippen LogP) is 3.14. The second kappa shape index (κ2) is 8.14. The minimum atomic E-state index is -0.849. The summed E-state index contributed by atoms with van der Waals surface area (Å²) < 4.78 is 0. The van der Waals surface area contributed by atoms with Crippen LogP contribution >= 0.6 is 0 Å². The molecule has 1 aromatic carbocycles. The van der Waals surface area contributed by atoms with Gasteiger partial charge in [-0.05, 0) is 42.2 Å². The van der Waals surface area contributed by atoms with Crippen LogP contribution in [0.5, 0.6) is 0 Å². The van der Waals surface area contributed by atoms with E-state index in [4.69, 9.17) is 5.11 Å². The van der Waals surface area contributed by atoms with Crippen molar-refractivity contribution in [1.29, 1.82) is 0 Å². The van der Waals surface area contributed by atoms with E-state index in [1.807, 2.05) is 0 Å². The Morgan fingerprint density at radius 3 is 2.61 bits per heavy atom. The van der Waals surface area contributed by atoms with Crippen LogP contribution in [0.2, 0.25) is 0 Å². The molecule has 0 heterocycles. The third-order valence-electron chi connectivity index (χ3n) is 4.45. The van der Waals surface area contributed by atoms with Gasteiger partial charge in [-0.25, -0.2) is 0 Å². The lowest BCUT2D eigenvalue weighted by Gasteiger charge is -2.28. The number of carbonyl (C=O) groups excluding carboxylic acids is 1. The average Bonchev–Trinajstić information content (AvgIpc) is 2.50. The van der Waals surface area contributed by atoms with Crippen LogP contribution in [0.25, 0.3) is 0 Å². The highest BCUT2D eigenvalue weighted by Crippen LogP contribution is 2.28. The Labute approximate surface area is 138 Å². The van der Waals surface area contributed by atoms with Gasteiger partial charge in [0, 0.05) is 19.5 Å². The molecule has 0 aliphatic heterocycles. The van der Waals surface area contributed by atoms with Crippen LogP contribution in [0.15, 0.2) is 24.3 Å². The van der Waals surface area contributed by atoms with Crippen molar-refractivity contribution in [2.24, 2.45) is 11.8 Å². The summed E-state index contributed by atoms with van der Waals surface area (Å²) >= 11 is 0. The summed E-state index contributed by atoms with van der Waals surface area (Å²) in [5.74, 6) is -0.0285. The van der Waals surface area contributed by atoms with Crippen molar-refractivity contribution in [3.63, 3.8) is 0 Å². The smallest absolute Gasteiger partial charge is 0.305 e. The molecule has 126 valence electrons. The number of carboxylic acid groups (broad SMARTS) is 1. The highest BCUT2D eigenvalue weighted by atomic mass is 16.4. The first-order valence-corrected chi connectivity index (χ1v) is 8.52. The van der Waals surface area contributed by atoms with E-state index in [-0.39, 0.29) is 12.3 Å². The van der Waals surface area contributed by atoms with Crippen molar-refractivity contribution in [2.45, 2.75) is 46.0 Å². The topological polar surface area (TPSA) is 57.6 Å². The molecule has 23 heavy (non-hydrogen) atoms. The first-order valence-electron chi connectivity index (χ1n) is 8.52. The Balaban J connectivity index is 1.94. The Bertz CT molecular complexity index is 553. The maximum Gasteiger partial charge on any atom is 0.305 e. The second-order valence-corrected chi connectivity index (χ2v) is 6.96. The number of fused-ring (bicyclic) bond motifs is 1. The van der Waals surface area contributed by atoms with Gasteiger partial charge in [-0.2, -0.15) is 0 Å². The van der Waals surface area contributed by atoms with Crippen molar-refractivity contribution in [1.82, 2.24) is 4.90 Å². The molecule has 1 N–H and O–H groups in total. The fourth-order valence-corrected chi connectivity index (χ4v) is 3.31. The summed E-state index contributed by atoms with van der Waals surface area (Å²) in [5.41, 5.74) is 2.76. The number of hydrogen-bond acceptors (Lipinski definition) is 2. The van der Waals surface area contributed by atoms with Gasteiger partial charge in [0.15, 0.2) is 0 Å². The molecule has 0 spiro atoms. The number of rotatable bonds is 7. The lowest BCUT2D eigenvalue weighted by atomic mass is 9.82. The number of benzene rings is 1. The summed E-state index contributed by atoms with van der Waals surface area (Å²) in [6.07, 6.45) is 3.58. The molecule has 1 aliphatic rings. The number of carboxylic acids is 1. The van der Waals surface area contributed by atoms with Gasteiger partial charge in [-0.1, -0.05) is 38.1 Å². The van der Waals surface area contributed by atoms with Crippen LogP contribution in [0, 0.1) is 11.8 Å². The number of amides is 1. The van der Waals surface area contributed by atoms with Crippen molar-refractivity contribution < 1.29 is 14.7 Å². The van der Waals surface area contributed by atoms with E-state index in [1.165, 1.54) is 11.1 Å². The summed E-state index contributed by atoms with van der Waals surface area (Å²) in [4.78, 5) is 25.1. The van der Waals surface area contributed by atoms with Crippen molar-refractivity contribution in [2.75, 3.05) is 13.1 Å². The van der Waals surface area contributed by atoms with Gasteiger partial charge in [0.25, 0.3) is 0 Å². The molecule has 0 aromatic heterocycles. The molecular formula is C19H27NO3. The molecule has 1 unspecified atom stereocenters. The number of hydrogen-bond donors (Lipinski definition) is 1. The maximum atomic E-state index is 12.6. The SMILES string of the molecule is CC(C)CN(CCC(=O)O)C(=O)CC1CCc2ccccc2C1. The first-order chi connectivity index (χ1) is 11.0. The van der Waals surface area contributed by atoms with Crippen LogP contribution < -0.4 is 0 Å². The summed E-state index contributed by atoms with van der Waals surface area (Å²) in [7, 11) is 0. The van der Waals surface area contributed by atoms with Gasteiger partial charge < -0.3 is 10.0 Å². The number of carbonyl (C=O) groups is 2. The van der Waals surface area contributed by atoms with E-state index in [0.717, 1.165) is 19.3 Å². The zero-order valence-electron chi connectivity index (χ0n) is 14.1. The molecule has 0 fully saturated rings. The molecule has 2 rings (SSSR count). The van der Waals surface area contributed by atoms with Gasteiger partial charge in [0.2, 0.25) is 5.91 Å². The number of aryl methyl sites for hydroxylation is 1. The standard InChI is InChI=1S/C19H27NO3/c1-14(2)13-20(10-9-19(22)23)18(21)12-15-7-8-16-5-3-4-6-17(16)11-15/h3-6,14-15H,7-13H2,1-2H3,(H,22,23). The molecule has 0 bridgehead atoms. The summed E-state index contributed by atoms with van der Waals surface area (Å²) in [5, 5.41) is 8.87. The molecule has 4 nitrogen and oxygen atoms in total. The molecule has 4 heteroatoms. The molecule has 1 amide bonds. The van der Waals surface area contributed by atoms with Gasteiger partial charge >= 0.3 is 5.97 Å². The Morgan fingerprint density at radius 2 is 1.96 bits per heavy atom. The molecule has 0 saturated heterocycles. The monoisotopic (exact) mass is 317 g/mol. The first kappa shape index (κ1) is 17.5. The fourth-order valence-electron chi connectivity index (χ4n) is 3.31. The third kappa shape index (κ3) is 5.38. The van der Waals surface area contributed by atoms with Crippen molar-refractivity contribution >= 4 is 11.9 Å². The summed E-state index contributed by atoms with van der Waals surface area (Å²) in [6, 6.07) is 8.45. The predicted molar refractivity (Wildman–Crippen MR) is 90.2 cm³/mol. The van der Waals surface area contributed by atoms with Crippen LogP contribution in [-0.4, -0.2) is 35.0 Å². The fraction of sp³-hybridized carbons (Fsp3) is 0.579. The van der Waals surface area contributed by atoms with Gasteiger partial charge in [0.05, 0.1) is 6.42 Å². The Hall–Kier alpha value is -1.84. The van der Waals surface area contributed by atoms with Crippen LogP contribution in [0.3, 0.4) is 0 Å². The van der Waals surface area contributed by atoms with Crippen LogP contribution in [0.1, 0.15) is 44.2 Å². The third-order valence-corrected chi connectivity index (χ3v) is 4.45. The maximum absolute atomic E-state index is 12.6. The molecule has 0 radical (unpaired) electrons. The van der Waals surface area contributed by atoms with E-state index in [0.29, 0.717) is 31.3 Å². The van der Waals surface area contributed by atoms with E-state index in [1.54, 1.807) is 4.90 Å².